The number of nitrogens with zero attached hydrogens (tertiary/aromatic N) is 3. The first-order valence-corrected chi connectivity index (χ1v) is 8.30. The molecule has 21 heavy (non-hydrogen) atoms. The second kappa shape index (κ2) is 7.15. The lowest BCUT2D eigenvalue weighted by atomic mass is 10.2. The van der Waals surface area contributed by atoms with Crippen LogP contribution in [0.15, 0.2) is 0 Å². The van der Waals surface area contributed by atoms with E-state index in [4.69, 9.17) is 10.8 Å². The van der Waals surface area contributed by atoms with Gasteiger partial charge in [-0.25, -0.2) is 15.8 Å². The number of fused-ring (bicyclic) bond motifs is 1. The van der Waals surface area contributed by atoms with Crippen molar-refractivity contribution >= 4 is 27.4 Å². The van der Waals surface area contributed by atoms with Crippen molar-refractivity contribution < 1.29 is 0 Å². The molecule has 3 N–H and O–H groups in total. The molecule has 6 heteroatoms. The minimum absolute atomic E-state index is 0.735. The second-order valence-electron chi connectivity index (χ2n) is 5.54. The largest absolute Gasteiger partial charge is 0.308 e. The van der Waals surface area contributed by atoms with Gasteiger partial charge in [0.2, 0.25) is 0 Å². The Morgan fingerprint density at radius 3 is 2.67 bits per heavy atom. The first-order chi connectivity index (χ1) is 10.1. The molecular formula is C15H25N5S. The molecule has 0 atom stereocenters. The molecule has 2 rings (SSSR count). The van der Waals surface area contributed by atoms with E-state index in [1.54, 1.807) is 11.3 Å². The van der Waals surface area contributed by atoms with Crippen molar-refractivity contribution in [2.24, 2.45) is 5.84 Å². The van der Waals surface area contributed by atoms with Gasteiger partial charge in [-0.3, -0.25) is 4.90 Å². The average molecular weight is 307 g/mol. The molecular weight excluding hydrogens is 282 g/mol. The third kappa shape index (κ3) is 3.70. The lowest BCUT2D eigenvalue weighted by Crippen LogP contribution is -2.21. The predicted molar refractivity (Wildman–Crippen MR) is 90.6 cm³/mol. The summed E-state index contributed by atoms with van der Waals surface area (Å²) in [6.45, 7) is 8.25. The number of hydrazine groups is 1. The monoisotopic (exact) mass is 307 g/mol. The molecule has 0 aliphatic rings. The third-order valence-corrected chi connectivity index (χ3v) is 4.87. The van der Waals surface area contributed by atoms with Gasteiger partial charge in [-0.05, 0) is 39.4 Å². The van der Waals surface area contributed by atoms with E-state index >= 15 is 0 Å². The van der Waals surface area contributed by atoms with Crippen molar-refractivity contribution in [3.05, 3.63) is 16.3 Å². The van der Waals surface area contributed by atoms with Crippen LogP contribution in [0.5, 0.6) is 0 Å². The second-order valence-corrected chi connectivity index (χ2v) is 6.74. The van der Waals surface area contributed by atoms with Crippen LogP contribution in [-0.2, 0) is 6.54 Å². The summed E-state index contributed by atoms with van der Waals surface area (Å²) in [6, 6.07) is 0. The summed E-state index contributed by atoms with van der Waals surface area (Å²) in [5.74, 6) is 7.21. The van der Waals surface area contributed by atoms with Crippen LogP contribution in [0, 0.1) is 13.8 Å². The number of nitrogens with two attached hydrogens (primary N) is 1. The van der Waals surface area contributed by atoms with Gasteiger partial charge in [0.05, 0.1) is 11.9 Å². The molecule has 0 aliphatic heterocycles. The Labute approximate surface area is 130 Å². The zero-order chi connectivity index (χ0) is 15.4. The first kappa shape index (κ1) is 16.1. The molecule has 0 radical (unpaired) electrons. The Bertz CT molecular complexity index is 608. The summed E-state index contributed by atoms with van der Waals surface area (Å²) in [7, 11) is 2.11. The minimum atomic E-state index is 0.735. The fourth-order valence-corrected chi connectivity index (χ4v) is 3.47. The summed E-state index contributed by atoms with van der Waals surface area (Å²) >= 11 is 1.71. The fraction of sp³-hybridized carbons (Fsp3) is 0.600. The molecule has 2 aromatic rings. The lowest BCUT2D eigenvalue weighted by molar-refractivity contribution is 0.311. The molecule has 0 aromatic carbocycles. The van der Waals surface area contributed by atoms with Gasteiger partial charge in [0, 0.05) is 4.88 Å². The number of hydrogen-bond acceptors (Lipinski definition) is 6. The Morgan fingerprint density at radius 2 is 2.00 bits per heavy atom. The average Bonchev–Trinajstić information content (AvgIpc) is 2.73. The zero-order valence-corrected chi connectivity index (χ0v) is 14.2. The van der Waals surface area contributed by atoms with Crippen LogP contribution in [0.4, 0.5) is 5.82 Å². The SMILES string of the molecule is CCCCCN(C)Cc1nc(NN)c2c(C)c(C)sc2n1. The van der Waals surface area contributed by atoms with Crippen LogP contribution < -0.4 is 11.3 Å². The van der Waals surface area contributed by atoms with Gasteiger partial charge in [0.1, 0.15) is 10.7 Å². The van der Waals surface area contributed by atoms with Crippen LogP contribution in [0.1, 0.15) is 42.5 Å². The molecule has 0 spiro atoms. The van der Waals surface area contributed by atoms with Crippen LogP contribution in [0.25, 0.3) is 10.2 Å². The third-order valence-electron chi connectivity index (χ3n) is 3.77. The van der Waals surface area contributed by atoms with E-state index in [2.05, 4.69) is 43.1 Å². The van der Waals surface area contributed by atoms with E-state index in [0.717, 1.165) is 34.9 Å². The van der Waals surface area contributed by atoms with Crippen LogP contribution in [0.2, 0.25) is 0 Å². The van der Waals surface area contributed by atoms with Crippen molar-refractivity contribution in [2.75, 3.05) is 19.0 Å². The van der Waals surface area contributed by atoms with Crippen molar-refractivity contribution in [3.63, 3.8) is 0 Å². The number of aryl methyl sites for hydroxylation is 2. The molecule has 0 fully saturated rings. The summed E-state index contributed by atoms with van der Waals surface area (Å²) in [4.78, 5) is 13.8. The van der Waals surface area contributed by atoms with Gasteiger partial charge in [0.25, 0.3) is 0 Å². The van der Waals surface area contributed by atoms with Gasteiger partial charge in [0.15, 0.2) is 5.82 Å². The number of nitrogen functional groups attached to an aromatic ring is 1. The fourth-order valence-electron chi connectivity index (χ4n) is 2.42. The zero-order valence-electron chi connectivity index (χ0n) is 13.4. The number of rotatable bonds is 7. The highest BCUT2D eigenvalue weighted by molar-refractivity contribution is 7.18. The van der Waals surface area contributed by atoms with Crippen molar-refractivity contribution in [3.8, 4) is 0 Å². The quantitative estimate of drug-likeness (QED) is 0.467. The summed E-state index contributed by atoms with van der Waals surface area (Å²) < 4.78 is 0. The molecule has 0 amide bonds. The first-order valence-electron chi connectivity index (χ1n) is 7.48. The number of aromatic nitrogens is 2. The molecule has 5 nitrogen and oxygen atoms in total. The normalized spacial score (nSPS) is 11.5. The number of nitrogens with one attached hydrogen (secondary N) is 1. The summed E-state index contributed by atoms with van der Waals surface area (Å²) in [6.07, 6.45) is 3.73. The number of thiophene rings is 1. The number of hydrogen-bond donors (Lipinski definition) is 2. The molecule has 0 unspecified atom stereocenters. The smallest absolute Gasteiger partial charge is 0.152 e. The van der Waals surface area contributed by atoms with E-state index < -0.39 is 0 Å². The molecule has 116 valence electrons. The van der Waals surface area contributed by atoms with Crippen molar-refractivity contribution in [1.82, 2.24) is 14.9 Å². The van der Waals surface area contributed by atoms with Crippen molar-refractivity contribution in [2.45, 2.75) is 46.6 Å². The van der Waals surface area contributed by atoms with Gasteiger partial charge in [-0.1, -0.05) is 19.8 Å². The Morgan fingerprint density at radius 1 is 1.24 bits per heavy atom. The van der Waals surface area contributed by atoms with Gasteiger partial charge in [-0.2, -0.15) is 0 Å². The summed E-state index contributed by atoms with van der Waals surface area (Å²) in [5, 5.41) is 1.05. The van der Waals surface area contributed by atoms with E-state index in [-0.39, 0.29) is 0 Å². The Kier molecular flexibility index (Phi) is 5.50. The number of unbranched alkanes of at least 4 members (excludes halogenated alkanes) is 2. The van der Waals surface area contributed by atoms with E-state index in [1.165, 1.54) is 29.7 Å². The minimum Gasteiger partial charge on any atom is -0.308 e. The highest BCUT2D eigenvalue weighted by Gasteiger charge is 2.14. The van der Waals surface area contributed by atoms with E-state index in [9.17, 15) is 0 Å². The van der Waals surface area contributed by atoms with E-state index in [1.807, 2.05) is 0 Å². The predicted octanol–water partition coefficient (Wildman–Crippen LogP) is 3.22. The van der Waals surface area contributed by atoms with Crippen LogP contribution >= 0.6 is 11.3 Å². The van der Waals surface area contributed by atoms with E-state index in [0.29, 0.717) is 0 Å². The maximum absolute atomic E-state index is 5.64. The van der Waals surface area contributed by atoms with Crippen molar-refractivity contribution in [1.29, 1.82) is 0 Å². The standard InChI is InChI=1S/C15H25N5S/c1-5-6-7-8-20(4)9-12-17-14(19-16)13-10(2)11(3)21-15(13)18-12/h5-9,16H2,1-4H3,(H,17,18,19). The lowest BCUT2D eigenvalue weighted by Gasteiger charge is -2.16. The maximum Gasteiger partial charge on any atom is 0.152 e. The Balaban J connectivity index is 2.21. The van der Waals surface area contributed by atoms with Gasteiger partial charge in [-0.15, -0.1) is 11.3 Å². The highest BCUT2D eigenvalue weighted by Crippen LogP contribution is 2.32. The summed E-state index contributed by atoms with van der Waals surface area (Å²) in [5.41, 5.74) is 3.94. The highest BCUT2D eigenvalue weighted by atomic mass is 32.1. The van der Waals surface area contributed by atoms with Gasteiger partial charge >= 0.3 is 0 Å². The molecule has 0 aliphatic carbocycles. The molecule has 2 heterocycles. The maximum atomic E-state index is 5.64. The molecule has 0 bridgehead atoms. The molecule has 0 saturated heterocycles. The van der Waals surface area contributed by atoms with Crippen LogP contribution in [0.3, 0.4) is 0 Å². The number of anilines is 1. The molecule has 0 saturated carbocycles. The molecule has 2 aromatic heterocycles. The van der Waals surface area contributed by atoms with Crippen LogP contribution in [-0.4, -0.2) is 28.5 Å². The topological polar surface area (TPSA) is 67.1 Å². The Hall–Kier alpha value is -1.24. The van der Waals surface area contributed by atoms with Gasteiger partial charge < -0.3 is 5.43 Å².